The lowest BCUT2D eigenvalue weighted by molar-refractivity contribution is -0.137. The summed E-state index contributed by atoms with van der Waals surface area (Å²) < 4.78 is 40.6. The van der Waals surface area contributed by atoms with Gasteiger partial charge in [-0.15, -0.1) is 0 Å². The first kappa shape index (κ1) is 15.9. The smallest absolute Gasteiger partial charge is 0.416 e. The molecule has 0 aliphatic carbocycles. The Morgan fingerprint density at radius 1 is 1.12 bits per heavy atom. The summed E-state index contributed by atoms with van der Waals surface area (Å²) in [6, 6.07) is 10.0. The number of benzene rings is 2. The van der Waals surface area contributed by atoms with E-state index in [0.717, 1.165) is 17.7 Å². The Kier molecular flexibility index (Phi) is 4.16. The molecule has 1 heterocycles. The number of anilines is 1. The van der Waals surface area contributed by atoms with E-state index < -0.39 is 11.7 Å². The molecule has 0 atom stereocenters. The summed E-state index contributed by atoms with van der Waals surface area (Å²) in [5, 5.41) is 12.5. The highest BCUT2D eigenvalue weighted by atomic mass is 19.4. The first-order valence-electron chi connectivity index (χ1n) is 7.15. The van der Waals surface area contributed by atoms with Crippen molar-refractivity contribution in [3.05, 3.63) is 72.3 Å². The zero-order chi connectivity index (χ0) is 17.2. The number of nitrogens with one attached hydrogen (secondary N) is 1. The Labute approximate surface area is 136 Å². The number of nitrogens with zero attached hydrogens (tertiary/aromatic N) is 2. The summed E-state index contributed by atoms with van der Waals surface area (Å²) in [4.78, 5) is 3.92. The van der Waals surface area contributed by atoms with Gasteiger partial charge in [0.1, 0.15) is 5.75 Å². The molecule has 0 aliphatic rings. The molecule has 0 spiro atoms. The fourth-order valence-corrected chi connectivity index (χ4v) is 2.34. The number of hydrogen-bond acceptors (Lipinski definition) is 3. The molecule has 2 N–H and O–H groups in total. The van der Waals surface area contributed by atoms with Gasteiger partial charge in [0.05, 0.1) is 23.3 Å². The first-order valence-corrected chi connectivity index (χ1v) is 7.15. The van der Waals surface area contributed by atoms with Crippen molar-refractivity contribution in [3.63, 3.8) is 0 Å². The number of hydrogen-bond donors (Lipinski definition) is 2. The van der Waals surface area contributed by atoms with Crippen LogP contribution in [0.2, 0.25) is 0 Å². The van der Waals surface area contributed by atoms with E-state index in [-0.39, 0.29) is 12.3 Å². The van der Waals surface area contributed by atoms with E-state index in [1.807, 2.05) is 0 Å². The lowest BCUT2D eigenvalue weighted by Crippen LogP contribution is -2.09. The zero-order valence-electron chi connectivity index (χ0n) is 12.5. The molecule has 0 saturated carbocycles. The van der Waals surface area contributed by atoms with Crippen molar-refractivity contribution in [1.29, 1.82) is 0 Å². The van der Waals surface area contributed by atoms with E-state index in [0.29, 0.717) is 11.4 Å². The molecule has 3 rings (SSSR count). The molecular weight excluding hydrogens is 319 g/mol. The van der Waals surface area contributed by atoms with Crippen LogP contribution in [0.5, 0.6) is 5.75 Å². The minimum Gasteiger partial charge on any atom is -0.508 e. The average molecular weight is 333 g/mol. The number of aromatic nitrogens is 2. The maximum Gasteiger partial charge on any atom is 0.416 e. The molecule has 0 unspecified atom stereocenters. The van der Waals surface area contributed by atoms with Gasteiger partial charge in [0.25, 0.3) is 0 Å². The third-order valence-corrected chi connectivity index (χ3v) is 3.50. The first-order chi connectivity index (χ1) is 11.4. The molecule has 24 heavy (non-hydrogen) atoms. The third-order valence-electron chi connectivity index (χ3n) is 3.50. The predicted molar refractivity (Wildman–Crippen MR) is 84.0 cm³/mol. The molecule has 7 heteroatoms. The van der Waals surface area contributed by atoms with Crippen LogP contribution in [0.25, 0.3) is 5.69 Å². The molecule has 0 amide bonds. The van der Waals surface area contributed by atoms with E-state index >= 15 is 0 Å². The van der Waals surface area contributed by atoms with Gasteiger partial charge in [-0.2, -0.15) is 13.2 Å². The van der Waals surface area contributed by atoms with Gasteiger partial charge in [0.15, 0.2) is 0 Å². The highest BCUT2D eigenvalue weighted by Gasteiger charge is 2.31. The van der Waals surface area contributed by atoms with Gasteiger partial charge in [-0.1, -0.05) is 12.1 Å². The maximum absolute atomic E-state index is 13.0. The highest BCUT2D eigenvalue weighted by molar-refractivity contribution is 5.63. The Morgan fingerprint density at radius 2 is 1.96 bits per heavy atom. The van der Waals surface area contributed by atoms with Crippen molar-refractivity contribution >= 4 is 5.69 Å². The van der Waals surface area contributed by atoms with Crippen LogP contribution in [0.15, 0.2) is 61.2 Å². The number of rotatable bonds is 4. The van der Waals surface area contributed by atoms with Gasteiger partial charge < -0.3 is 15.0 Å². The second kappa shape index (κ2) is 6.27. The van der Waals surface area contributed by atoms with E-state index in [9.17, 15) is 18.3 Å². The van der Waals surface area contributed by atoms with E-state index in [2.05, 4.69) is 10.3 Å². The maximum atomic E-state index is 13.0. The van der Waals surface area contributed by atoms with Crippen molar-refractivity contribution in [1.82, 2.24) is 9.55 Å². The van der Waals surface area contributed by atoms with Crippen molar-refractivity contribution < 1.29 is 18.3 Å². The lowest BCUT2D eigenvalue weighted by Gasteiger charge is -2.16. The molecule has 1 aromatic heterocycles. The van der Waals surface area contributed by atoms with Crippen molar-refractivity contribution in [2.24, 2.45) is 0 Å². The molecule has 0 aliphatic heterocycles. The second-order valence-electron chi connectivity index (χ2n) is 5.22. The molecule has 0 fully saturated rings. The van der Waals surface area contributed by atoms with Crippen LogP contribution in [0.1, 0.15) is 11.1 Å². The van der Waals surface area contributed by atoms with Gasteiger partial charge in [-0.3, -0.25) is 0 Å². The van der Waals surface area contributed by atoms with Gasteiger partial charge in [0, 0.05) is 18.9 Å². The average Bonchev–Trinajstić information content (AvgIpc) is 3.06. The molecule has 4 nitrogen and oxygen atoms in total. The fourth-order valence-electron chi connectivity index (χ4n) is 2.34. The van der Waals surface area contributed by atoms with Gasteiger partial charge >= 0.3 is 6.18 Å². The number of phenols is 1. The van der Waals surface area contributed by atoms with Crippen LogP contribution in [0, 0.1) is 0 Å². The van der Waals surface area contributed by atoms with Gasteiger partial charge in [-0.05, 0) is 35.9 Å². The minimum atomic E-state index is -4.42. The lowest BCUT2D eigenvalue weighted by atomic mass is 10.1. The van der Waals surface area contributed by atoms with Gasteiger partial charge in [0.2, 0.25) is 0 Å². The molecule has 2 aromatic carbocycles. The highest BCUT2D eigenvalue weighted by Crippen LogP contribution is 2.33. The third kappa shape index (κ3) is 3.51. The summed E-state index contributed by atoms with van der Waals surface area (Å²) >= 11 is 0. The molecule has 0 bridgehead atoms. The summed E-state index contributed by atoms with van der Waals surface area (Å²) in [6.45, 7) is 0.275. The van der Waals surface area contributed by atoms with Crippen LogP contribution in [0.3, 0.4) is 0 Å². The standard InChI is InChI=1S/C17H14F3N3O/c18-17(19,20)13-4-5-16(23-7-6-21-11-23)15(9-13)22-10-12-2-1-3-14(24)8-12/h1-9,11,22,24H,10H2. The number of halogens is 3. The monoisotopic (exact) mass is 333 g/mol. The van der Waals surface area contributed by atoms with E-state index in [4.69, 9.17) is 0 Å². The summed E-state index contributed by atoms with van der Waals surface area (Å²) in [6.07, 6.45) is 0.301. The normalized spacial score (nSPS) is 11.5. The Bertz CT molecular complexity index is 829. The summed E-state index contributed by atoms with van der Waals surface area (Å²) in [7, 11) is 0. The Balaban J connectivity index is 1.93. The Morgan fingerprint density at radius 3 is 2.62 bits per heavy atom. The SMILES string of the molecule is Oc1cccc(CNc2cc(C(F)(F)F)ccc2-n2ccnc2)c1. The minimum absolute atomic E-state index is 0.105. The topological polar surface area (TPSA) is 50.1 Å². The number of aromatic hydroxyl groups is 1. The molecule has 124 valence electrons. The molecule has 3 aromatic rings. The van der Waals surface area contributed by atoms with Crippen LogP contribution in [0.4, 0.5) is 18.9 Å². The molecular formula is C17H14F3N3O. The molecule has 0 saturated heterocycles. The number of imidazole rings is 1. The fraction of sp³-hybridized carbons (Fsp3) is 0.118. The van der Waals surface area contributed by atoms with Crippen LogP contribution in [-0.2, 0) is 12.7 Å². The quantitative estimate of drug-likeness (QED) is 0.752. The zero-order valence-corrected chi connectivity index (χ0v) is 12.5. The number of phenolic OH excluding ortho intramolecular Hbond substituents is 1. The van der Waals surface area contributed by atoms with Crippen LogP contribution >= 0.6 is 0 Å². The second-order valence-corrected chi connectivity index (χ2v) is 5.22. The van der Waals surface area contributed by atoms with Gasteiger partial charge in [-0.25, -0.2) is 4.98 Å². The largest absolute Gasteiger partial charge is 0.508 e. The Hall–Kier alpha value is -2.96. The van der Waals surface area contributed by atoms with Crippen LogP contribution in [-0.4, -0.2) is 14.7 Å². The summed E-state index contributed by atoms with van der Waals surface area (Å²) in [5.41, 5.74) is 0.903. The van der Waals surface area contributed by atoms with Crippen LogP contribution < -0.4 is 5.32 Å². The number of alkyl halides is 3. The molecule has 0 radical (unpaired) electrons. The van der Waals surface area contributed by atoms with Crippen molar-refractivity contribution in [2.75, 3.05) is 5.32 Å². The van der Waals surface area contributed by atoms with E-state index in [1.54, 1.807) is 35.2 Å². The van der Waals surface area contributed by atoms with Crippen molar-refractivity contribution in [3.8, 4) is 11.4 Å². The predicted octanol–water partition coefficient (Wildman–Crippen LogP) is 4.21. The summed E-state index contributed by atoms with van der Waals surface area (Å²) in [5.74, 6) is 0.105. The van der Waals surface area contributed by atoms with E-state index in [1.165, 1.54) is 18.5 Å². The van der Waals surface area contributed by atoms with Crippen molar-refractivity contribution in [2.45, 2.75) is 12.7 Å².